The molecule has 0 aromatic heterocycles. The van der Waals surface area contributed by atoms with E-state index in [1.165, 1.54) is 24.3 Å². The van der Waals surface area contributed by atoms with Gasteiger partial charge in [-0.15, -0.1) is 13.2 Å². The molecular formula is C14H10F4O2. The summed E-state index contributed by atoms with van der Waals surface area (Å²) in [6.07, 6.45) is -4.77. The number of hydrogen-bond donors (Lipinski definition) is 1. The molecule has 0 unspecified atom stereocenters. The maximum atomic E-state index is 13.8. The normalized spacial score (nSPS) is 11.4. The highest BCUT2D eigenvalue weighted by atomic mass is 19.4. The van der Waals surface area contributed by atoms with Gasteiger partial charge in [0.05, 0.1) is 6.61 Å². The average Bonchev–Trinajstić information content (AvgIpc) is 2.38. The van der Waals surface area contributed by atoms with Crippen LogP contribution < -0.4 is 4.74 Å². The van der Waals surface area contributed by atoms with E-state index in [9.17, 15) is 22.7 Å². The highest BCUT2D eigenvalue weighted by molar-refractivity contribution is 5.68. The molecule has 0 heterocycles. The number of ether oxygens (including phenoxy) is 1. The summed E-state index contributed by atoms with van der Waals surface area (Å²) in [7, 11) is 0. The van der Waals surface area contributed by atoms with Crippen molar-refractivity contribution < 1.29 is 27.4 Å². The molecule has 0 atom stereocenters. The van der Waals surface area contributed by atoms with Gasteiger partial charge in [-0.3, -0.25) is 0 Å². The zero-order chi connectivity index (χ0) is 14.8. The highest BCUT2D eigenvalue weighted by Crippen LogP contribution is 2.30. The van der Waals surface area contributed by atoms with Crippen molar-refractivity contribution >= 4 is 0 Å². The summed E-state index contributed by atoms with van der Waals surface area (Å²) in [4.78, 5) is 0. The Kier molecular flexibility index (Phi) is 3.94. The van der Waals surface area contributed by atoms with E-state index in [0.29, 0.717) is 11.1 Å². The minimum Gasteiger partial charge on any atom is -0.406 e. The van der Waals surface area contributed by atoms with Crippen molar-refractivity contribution in [1.29, 1.82) is 0 Å². The van der Waals surface area contributed by atoms with Crippen molar-refractivity contribution in [1.82, 2.24) is 0 Å². The average molecular weight is 286 g/mol. The third-order valence-electron chi connectivity index (χ3n) is 2.65. The molecule has 2 aromatic carbocycles. The summed E-state index contributed by atoms with van der Waals surface area (Å²) in [5.74, 6) is -0.941. The molecule has 20 heavy (non-hydrogen) atoms. The van der Waals surface area contributed by atoms with Gasteiger partial charge in [-0.05, 0) is 29.3 Å². The minimum absolute atomic E-state index is 0.161. The number of benzene rings is 2. The van der Waals surface area contributed by atoms with E-state index < -0.39 is 12.2 Å². The quantitative estimate of drug-likeness (QED) is 0.868. The molecule has 2 rings (SSSR count). The molecule has 0 saturated carbocycles. The molecule has 0 amide bonds. The number of alkyl halides is 3. The fourth-order valence-corrected chi connectivity index (χ4v) is 1.85. The van der Waals surface area contributed by atoms with Gasteiger partial charge >= 0.3 is 6.36 Å². The summed E-state index contributed by atoms with van der Waals surface area (Å²) < 4.78 is 53.6. The lowest BCUT2D eigenvalue weighted by Crippen LogP contribution is -2.16. The predicted molar refractivity (Wildman–Crippen MR) is 64.4 cm³/mol. The van der Waals surface area contributed by atoms with E-state index in [2.05, 4.69) is 4.74 Å². The Bertz CT molecular complexity index is 591. The van der Waals surface area contributed by atoms with Gasteiger partial charge in [0.25, 0.3) is 0 Å². The second kappa shape index (κ2) is 5.50. The van der Waals surface area contributed by atoms with Crippen LogP contribution in [0.15, 0.2) is 42.5 Å². The molecule has 2 nitrogen and oxygen atoms in total. The monoisotopic (exact) mass is 286 g/mol. The van der Waals surface area contributed by atoms with Crippen molar-refractivity contribution in [3.8, 4) is 16.9 Å². The Morgan fingerprint density at radius 1 is 1.00 bits per heavy atom. The Morgan fingerprint density at radius 3 is 2.20 bits per heavy atom. The zero-order valence-electron chi connectivity index (χ0n) is 10.1. The first-order valence-corrected chi connectivity index (χ1v) is 5.65. The van der Waals surface area contributed by atoms with Gasteiger partial charge in [0.2, 0.25) is 0 Å². The highest BCUT2D eigenvalue weighted by Gasteiger charge is 2.31. The molecule has 0 aliphatic carbocycles. The third-order valence-corrected chi connectivity index (χ3v) is 2.65. The summed E-state index contributed by atoms with van der Waals surface area (Å²) in [5, 5.41) is 9.17. The predicted octanol–water partition coefficient (Wildman–Crippen LogP) is 3.88. The molecular weight excluding hydrogens is 276 g/mol. The van der Waals surface area contributed by atoms with E-state index in [1.54, 1.807) is 6.07 Å². The van der Waals surface area contributed by atoms with Crippen LogP contribution in [-0.4, -0.2) is 11.5 Å². The number of halogens is 4. The molecule has 0 spiro atoms. The summed E-state index contributed by atoms with van der Waals surface area (Å²) in [5.41, 5.74) is 0.879. The van der Waals surface area contributed by atoms with Crippen molar-refractivity contribution in [3.05, 3.63) is 53.8 Å². The third kappa shape index (κ3) is 3.27. The Hall–Kier alpha value is -2.08. The molecule has 0 fully saturated rings. The fraction of sp³-hybridized carbons (Fsp3) is 0.143. The van der Waals surface area contributed by atoms with Crippen LogP contribution in [0.5, 0.6) is 5.75 Å². The minimum atomic E-state index is -4.77. The Morgan fingerprint density at radius 2 is 1.65 bits per heavy atom. The van der Waals surface area contributed by atoms with Crippen molar-refractivity contribution in [3.63, 3.8) is 0 Å². The van der Waals surface area contributed by atoms with E-state index in [4.69, 9.17) is 0 Å². The number of aliphatic hydroxyl groups excluding tert-OH is 1. The second-order valence-electron chi connectivity index (χ2n) is 4.00. The van der Waals surface area contributed by atoms with Crippen LogP contribution in [0.25, 0.3) is 11.1 Å². The molecule has 106 valence electrons. The van der Waals surface area contributed by atoms with Gasteiger partial charge in [0.1, 0.15) is 11.6 Å². The van der Waals surface area contributed by atoms with Gasteiger partial charge in [0, 0.05) is 5.56 Å². The molecule has 0 bridgehead atoms. The molecule has 6 heteroatoms. The molecule has 1 N–H and O–H groups in total. The first-order chi connectivity index (χ1) is 9.40. The topological polar surface area (TPSA) is 29.5 Å². The second-order valence-corrected chi connectivity index (χ2v) is 4.00. The van der Waals surface area contributed by atoms with Crippen LogP contribution >= 0.6 is 0 Å². The van der Waals surface area contributed by atoms with Crippen LogP contribution in [0.4, 0.5) is 17.6 Å². The lowest BCUT2D eigenvalue weighted by molar-refractivity contribution is -0.274. The SMILES string of the molecule is OCc1cccc(F)c1-c1ccc(OC(F)(F)F)cc1. The Balaban J connectivity index is 2.36. The van der Waals surface area contributed by atoms with Gasteiger partial charge in [0.15, 0.2) is 0 Å². The molecule has 0 aliphatic heterocycles. The van der Waals surface area contributed by atoms with E-state index >= 15 is 0 Å². The first kappa shape index (κ1) is 14.3. The summed E-state index contributed by atoms with van der Waals surface area (Å²) in [6.45, 7) is -0.367. The number of rotatable bonds is 3. The van der Waals surface area contributed by atoms with Crippen LogP contribution in [0.1, 0.15) is 5.56 Å². The van der Waals surface area contributed by atoms with Gasteiger partial charge in [-0.25, -0.2) is 4.39 Å². The molecule has 2 aromatic rings. The van der Waals surface area contributed by atoms with Crippen molar-refractivity contribution in [2.24, 2.45) is 0 Å². The zero-order valence-corrected chi connectivity index (χ0v) is 10.1. The van der Waals surface area contributed by atoms with Crippen LogP contribution in [0.2, 0.25) is 0 Å². The Labute approximate surface area is 112 Å². The van der Waals surface area contributed by atoms with Crippen molar-refractivity contribution in [2.45, 2.75) is 13.0 Å². The van der Waals surface area contributed by atoms with Gasteiger partial charge in [-0.2, -0.15) is 0 Å². The largest absolute Gasteiger partial charge is 0.573 e. The standard InChI is InChI=1S/C14H10F4O2/c15-12-3-1-2-10(8-19)13(12)9-4-6-11(7-5-9)20-14(16,17)18/h1-7,19H,8H2. The van der Waals surface area contributed by atoms with Crippen LogP contribution in [-0.2, 0) is 6.61 Å². The lowest BCUT2D eigenvalue weighted by Gasteiger charge is -2.11. The van der Waals surface area contributed by atoms with E-state index in [0.717, 1.165) is 12.1 Å². The van der Waals surface area contributed by atoms with Crippen molar-refractivity contribution in [2.75, 3.05) is 0 Å². The smallest absolute Gasteiger partial charge is 0.406 e. The maximum Gasteiger partial charge on any atom is 0.573 e. The summed E-state index contributed by atoms with van der Waals surface area (Å²) >= 11 is 0. The lowest BCUT2D eigenvalue weighted by atomic mass is 9.99. The van der Waals surface area contributed by atoms with E-state index in [-0.39, 0.29) is 17.9 Å². The summed E-state index contributed by atoms with van der Waals surface area (Å²) in [6, 6.07) is 9.00. The van der Waals surface area contributed by atoms with Crippen LogP contribution in [0, 0.1) is 5.82 Å². The first-order valence-electron chi connectivity index (χ1n) is 5.65. The van der Waals surface area contributed by atoms with Gasteiger partial charge < -0.3 is 9.84 Å². The fourth-order valence-electron chi connectivity index (χ4n) is 1.85. The molecule has 0 radical (unpaired) electrons. The molecule has 0 aliphatic rings. The van der Waals surface area contributed by atoms with Gasteiger partial charge in [-0.1, -0.05) is 24.3 Å². The number of hydrogen-bond acceptors (Lipinski definition) is 2. The van der Waals surface area contributed by atoms with Crippen LogP contribution in [0.3, 0.4) is 0 Å². The molecule has 0 saturated heterocycles. The number of aliphatic hydroxyl groups is 1. The maximum absolute atomic E-state index is 13.8. The van der Waals surface area contributed by atoms with E-state index in [1.807, 2.05) is 0 Å².